The van der Waals surface area contributed by atoms with E-state index in [1.54, 1.807) is 0 Å². The molecule has 13 heavy (non-hydrogen) atoms. The second-order valence-electron chi connectivity index (χ2n) is 3.01. The van der Waals surface area contributed by atoms with Crippen molar-refractivity contribution in [3.05, 3.63) is 41.5 Å². The maximum absolute atomic E-state index is 5.42. The van der Waals surface area contributed by atoms with E-state index in [0.717, 1.165) is 0 Å². The zero-order chi connectivity index (χ0) is 7.26. The fourth-order valence-electron chi connectivity index (χ4n) is 1.64. The highest BCUT2D eigenvalue weighted by molar-refractivity contribution is 5.60. The van der Waals surface area contributed by atoms with Gasteiger partial charge in [-0.15, -0.1) is 0 Å². The van der Waals surface area contributed by atoms with E-state index in [9.17, 15) is 0 Å². The van der Waals surface area contributed by atoms with Gasteiger partial charge in [0.2, 0.25) is 0 Å². The van der Waals surface area contributed by atoms with E-state index in [-0.39, 0.29) is 11.0 Å². The summed E-state index contributed by atoms with van der Waals surface area (Å²) in [6.07, 6.45) is 5.03. The van der Waals surface area contributed by atoms with Crippen LogP contribution in [-0.2, 0) is 4.74 Å². The Balaban J connectivity index is 0.000000422. The number of epoxide rings is 1. The van der Waals surface area contributed by atoms with Crippen molar-refractivity contribution >= 4 is 6.08 Å². The average molecular weight is 180 g/mol. The molecule has 0 aromatic heterocycles. The highest BCUT2D eigenvalue weighted by Crippen LogP contribution is 2.44. The zero-order valence-corrected chi connectivity index (χ0v) is 7.03. The average Bonchev–Trinajstić information content (AvgIpc) is 2.83. The summed E-state index contributed by atoms with van der Waals surface area (Å²) >= 11 is 0. The van der Waals surface area contributed by atoms with E-state index in [1.807, 2.05) is 0 Å². The summed E-state index contributed by atoms with van der Waals surface area (Å²) in [5.74, 6) is 0. The second kappa shape index (κ2) is 3.30. The molecule has 3 heteroatoms. The zero-order valence-electron chi connectivity index (χ0n) is 7.03. The van der Waals surface area contributed by atoms with Crippen molar-refractivity contribution in [3.63, 3.8) is 0 Å². The summed E-state index contributed by atoms with van der Waals surface area (Å²) in [4.78, 5) is 0. The molecule has 1 heterocycles. The van der Waals surface area contributed by atoms with E-state index in [4.69, 9.17) is 4.74 Å². The lowest BCUT2D eigenvalue weighted by molar-refractivity contribution is 0.395. The van der Waals surface area contributed by atoms with Crippen molar-refractivity contribution in [2.75, 3.05) is 0 Å². The van der Waals surface area contributed by atoms with Gasteiger partial charge in [0.05, 0.1) is 0 Å². The molecular formula is C10H12O3. The minimum atomic E-state index is 0. The molecule has 0 spiro atoms. The highest BCUT2D eigenvalue weighted by atomic mass is 16.6. The largest absolute Gasteiger partial charge is 0.412 e. The molecule has 4 N–H and O–H groups in total. The number of fused-ring (bicyclic) bond motifs is 3. The maximum Gasteiger partial charge on any atom is 0.114 e. The van der Waals surface area contributed by atoms with Crippen LogP contribution in [0.2, 0.25) is 0 Å². The molecule has 70 valence electrons. The molecule has 1 aromatic carbocycles. The van der Waals surface area contributed by atoms with Crippen LogP contribution < -0.4 is 0 Å². The molecule has 0 amide bonds. The van der Waals surface area contributed by atoms with Gasteiger partial charge in [-0.3, -0.25) is 0 Å². The van der Waals surface area contributed by atoms with Gasteiger partial charge in [-0.1, -0.05) is 36.4 Å². The van der Waals surface area contributed by atoms with Crippen LogP contribution in [0.25, 0.3) is 6.08 Å². The fraction of sp³-hybridized carbons (Fsp3) is 0.200. The SMILES string of the molecule is C1=CC2OC2c2ccccc21.O.O. The molecule has 1 fully saturated rings. The summed E-state index contributed by atoms with van der Waals surface area (Å²) in [5.41, 5.74) is 2.66. The molecule has 0 saturated carbocycles. The van der Waals surface area contributed by atoms with Gasteiger partial charge in [-0.25, -0.2) is 0 Å². The molecule has 1 aliphatic heterocycles. The first-order valence-corrected chi connectivity index (χ1v) is 3.88. The maximum atomic E-state index is 5.42. The summed E-state index contributed by atoms with van der Waals surface area (Å²) in [6.45, 7) is 0. The van der Waals surface area contributed by atoms with Crippen molar-refractivity contribution in [2.24, 2.45) is 0 Å². The molecular weight excluding hydrogens is 168 g/mol. The third-order valence-corrected chi connectivity index (χ3v) is 2.29. The molecule has 3 nitrogen and oxygen atoms in total. The van der Waals surface area contributed by atoms with Crippen LogP contribution in [0.3, 0.4) is 0 Å². The molecule has 1 aliphatic carbocycles. The third-order valence-electron chi connectivity index (χ3n) is 2.29. The van der Waals surface area contributed by atoms with E-state index in [0.29, 0.717) is 12.2 Å². The predicted octanol–water partition coefficient (Wildman–Crippen LogP) is 0.504. The number of benzene rings is 1. The topological polar surface area (TPSA) is 75.5 Å². The Morgan fingerprint density at radius 1 is 1.08 bits per heavy atom. The second-order valence-corrected chi connectivity index (χ2v) is 3.01. The van der Waals surface area contributed by atoms with Crippen LogP contribution in [0.1, 0.15) is 17.2 Å². The van der Waals surface area contributed by atoms with Gasteiger partial charge in [0.15, 0.2) is 0 Å². The van der Waals surface area contributed by atoms with Crippen LogP contribution in [0, 0.1) is 0 Å². The van der Waals surface area contributed by atoms with Crippen molar-refractivity contribution in [1.82, 2.24) is 0 Å². The molecule has 3 rings (SSSR count). The van der Waals surface area contributed by atoms with Gasteiger partial charge in [0.1, 0.15) is 12.2 Å². The Bertz CT molecular complexity index is 333. The first-order chi connectivity index (χ1) is 5.45. The van der Waals surface area contributed by atoms with Crippen molar-refractivity contribution < 1.29 is 15.7 Å². The first-order valence-electron chi connectivity index (χ1n) is 3.88. The van der Waals surface area contributed by atoms with Crippen molar-refractivity contribution in [2.45, 2.75) is 12.2 Å². The van der Waals surface area contributed by atoms with Gasteiger partial charge < -0.3 is 15.7 Å². The molecule has 1 saturated heterocycles. The molecule has 2 atom stereocenters. The highest BCUT2D eigenvalue weighted by Gasteiger charge is 2.40. The Morgan fingerprint density at radius 3 is 2.69 bits per heavy atom. The van der Waals surface area contributed by atoms with Gasteiger partial charge in [0.25, 0.3) is 0 Å². The number of hydrogen-bond acceptors (Lipinski definition) is 1. The minimum absolute atomic E-state index is 0. The van der Waals surface area contributed by atoms with Crippen LogP contribution in [-0.4, -0.2) is 17.1 Å². The number of hydrogen-bond donors (Lipinski definition) is 0. The lowest BCUT2D eigenvalue weighted by Crippen LogP contribution is -1.93. The van der Waals surface area contributed by atoms with E-state index >= 15 is 0 Å². The Morgan fingerprint density at radius 2 is 1.85 bits per heavy atom. The molecule has 0 radical (unpaired) electrons. The van der Waals surface area contributed by atoms with Gasteiger partial charge >= 0.3 is 0 Å². The van der Waals surface area contributed by atoms with Crippen LogP contribution >= 0.6 is 0 Å². The normalized spacial score (nSPS) is 26.2. The summed E-state index contributed by atoms with van der Waals surface area (Å²) < 4.78 is 5.42. The lowest BCUT2D eigenvalue weighted by Gasteiger charge is -2.04. The molecule has 0 bridgehead atoms. The Labute approximate surface area is 76.3 Å². The van der Waals surface area contributed by atoms with Crippen LogP contribution in [0.5, 0.6) is 0 Å². The number of rotatable bonds is 0. The van der Waals surface area contributed by atoms with Gasteiger partial charge in [0, 0.05) is 0 Å². The molecule has 2 aliphatic rings. The monoisotopic (exact) mass is 180 g/mol. The quantitative estimate of drug-likeness (QED) is 0.536. The summed E-state index contributed by atoms with van der Waals surface area (Å²) in [5, 5.41) is 0. The van der Waals surface area contributed by atoms with Crippen LogP contribution in [0.4, 0.5) is 0 Å². The predicted molar refractivity (Wildman–Crippen MR) is 50.3 cm³/mol. The van der Waals surface area contributed by atoms with Crippen molar-refractivity contribution in [3.8, 4) is 0 Å². The minimum Gasteiger partial charge on any atom is -0.412 e. The summed E-state index contributed by atoms with van der Waals surface area (Å²) in [6, 6.07) is 8.40. The fourth-order valence-corrected chi connectivity index (χ4v) is 1.64. The van der Waals surface area contributed by atoms with Crippen LogP contribution in [0.15, 0.2) is 30.3 Å². The van der Waals surface area contributed by atoms with Gasteiger partial charge in [-0.2, -0.15) is 0 Å². The van der Waals surface area contributed by atoms with E-state index in [2.05, 4.69) is 36.4 Å². The Hall–Kier alpha value is -1.16. The third kappa shape index (κ3) is 1.37. The van der Waals surface area contributed by atoms with Gasteiger partial charge in [-0.05, 0) is 11.1 Å². The van der Waals surface area contributed by atoms with E-state index in [1.165, 1.54) is 11.1 Å². The number of ether oxygens (including phenoxy) is 1. The van der Waals surface area contributed by atoms with E-state index < -0.39 is 0 Å². The molecule has 2 unspecified atom stereocenters. The standard InChI is InChI=1S/C10H8O.2H2O/c1-2-4-8-7(3-1)5-6-9-10(8)11-9;;/h1-6,9-10H;2*1H2. The van der Waals surface area contributed by atoms with Crippen molar-refractivity contribution in [1.29, 1.82) is 0 Å². The molecule has 1 aromatic rings. The first kappa shape index (κ1) is 9.92. The Kier molecular flexibility index (Phi) is 2.52. The summed E-state index contributed by atoms with van der Waals surface area (Å²) in [7, 11) is 0. The smallest absolute Gasteiger partial charge is 0.114 e. The lowest BCUT2D eigenvalue weighted by atomic mass is 9.98.